The average Bonchev–Trinajstić information content (AvgIpc) is 3.09. The molecule has 0 atom stereocenters. The summed E-state index contributed by atoms with van der Waals surface area (Å²) >= 11 is 6.99. The second kappa shape index (κ2) is 7.12. The van der Waals surface area contributed by atoms with E-state index in [1.165, 1.54) is 4.68 Å². The standard InChI is InChI=1S/C16H13ClN4O3S/c17-11-3-1-9(2-4-11)14-10(7-12-15(24)19-16(18)25-12)8-21(20-14)6-5-13(22)23/h1-4,7-8H,5-6H2,(H,22,23)(H2,18,19,24)/p-1. The predicted molar refractivity (Wildman–Crippen MR) is 94.5 cm³/mol. The Morgan fingerprint density at radius 3 is 2.68 bits per heavy atom. The lowest BCUT2D eigenvalue weighted by atomic mass is 10.1. The van der Waals surface area contributed by atoms with Crippen molar-refractivity contribution in [2.45, 2.75) is 13.0 Å². The van der Waals surface area contributed by atoms with Gasteiger partial charge in [-0.15, -0.1) is 0 Å². The fraction of sp³-hybridized carbons (Fsp3) is 0.125. The maximum Gasteiger partial charge on any atom is 0.286 e. The first-order valence-corrected chi connectivity index (χ1v) is 8.43. The molecule has 25 heavy (non-hydrogen) atoms. The molecule has 1 aromatic heterocycles. The summed E-state index contributed by atoms with van der Waals surface area (Å²) in [6.07, 6.45) is 3.15. The monoisotopic (exact) mass is 375 g/mol. The van der Waals surface area contributed by atoms with Gasteiger partial charge in [0.1, 0.15) is 0 Å². The number of aromatic nitrogens is 2. The molecule has 0 bridgehead atoms. The fourth-order valence-corrected chi connectivity index (χ4v) is 3.06. The van der Waals surface area contributed by atoms with Gasteiger partial charge < -0.3 is 15.6 Å². The quantitative estimate of drug-likeness (QED) is 0.787. The molecule has 2 aromatic rings. The summed E-state index contributed by atoms with van der Waals surface area (Å²) in [5.74, 6) is -1.57. The highest BCUT2D eigenvalue weighted by Gasteiger charge is 2.21. The number of nitrogens with two attached hydrogens (primary N) is 1. The van der Waals surface area contributed by atoms with Gasteiger partial charge in [0.05, 0.1) is 10.6 Å². The number of rotatable bonds is 5. The molecular formula is C16H12ClN4O3S-. The molecule has 1 aromatic carbocycles. The lowest BCUT2D eigenvalue weighted by Crippen LogP contribution is -2.23. The molecule has 0 fully saturated rings. The number of hydrogen-bond acceptors (Lipinski definition) is 6. The van der Waals surface area contributed by atoms with Crippen molar-refractivity contribution in [2.24, 2.45) is 10.7 Å². The Kier molecular flexibility index (Phi) is 4.91. The van der Waals surface area contributed by atoms with Gasteiger partial charge in [-0.05, 0) is 30.0 Å². The number of amides is 1. The van der Waals surface area contributed by atoms with Crippen LogP contribution < -0.4 is 10.8 Å². The second-order valence-corrected chi connectivity index (χ2v) is 6.69. The van der Waals surface area contributed by atoms with Crippen LogP contribution in [0.4, 0.5) is 0 Å². The Balaban J connectivity index is 1.99. The zero-order chi connectivity index (χ0) is 18.0. The van der Waals surface area contributed by atoms with Crippen LogP contribution in [0.3, 0.4) is 0 Å². The second-order valence-electron chi connectivity index (χ2n) is 5.19. The Hall–Kier alpha value is -2.58. The summed E-state index contributed by atoms with van der Waals surface area (Å²) in [5.41, 5.74) is 7.60. The van der Waals surface area contributed by atoms with E-state index in [-0.39, 0.29) is 18.1 Å². The van der Waals surface area contributed by atoms with Gasteiger partial charge in [-0.25, -0.2) is 0 Å². The van der Waals surface area contributed by atoms with Gasteiger partial charge in [0.15, 0.2) is 5.17 Å². The van der Waals surface area contributed by atoms with E-state index in [4.69, 9.17) is 17.3 Å². The maximum absolute atomic E-state index is 11.8. The first-order chi connectivity index (χ1) is 11.9. The zero-order valence-corrected chi connectivity index (χ0v) is 14.4. The molecule has 1 aliphatic heterocycles. The Morgan fingerprint density at radius 1 is 1.36 bits per heavy atom. The van der Waals surface area contributed by atoms with Crippen molar-refractivity contribution in [3.8, 4) is 11.3 Å². The van der Waals surface area contributed by atoms with E-state index in [0.717, 1.165) is 17.3 Å². The van der Waals surface area contributed by atoms with Crippen molar-refractivity contribution in [3.63, 3.8) is 0 Å². The SMILES string of the molecule is NC1=NC(=O)C(=Cc2cn(CCC(=O)[O-])nc2-c2ccc(Cl)cc2)S1. The topological polar surface area (TPSA) is 113 Å². The molecule has 0 spiro atoms. The largest absolute Gasteiger partial charge is 0.550 e. The van der Waals surface area contributed by atoms with Gasteiger partial charge in [-0.3, -0.25) is 9.48 Å². The fourth-order valence-electron chi connectivity index (χ4n) is 2.26. The highest BCUT2D eigenvalue weighted by molar-refractivity contribution is 8.18. The van der Waals surface area contributed by atoms with Crippen molar-refractivity contribution in [2.75, 3.05) is 0 Å². The van der Waals surface area contributed by atoms with Crippen molar-refractivity contribution in [3.05, 3.63) is 46.0 Å². The number of carbonyl (C=O) groups is 2. The number of benzene rings is 1. The van der Waals surface area contributed by atoms with E-state index >= 15 is 0 Å². The van der Waals surface area contributed by atoms with Crippen LogP contribution in [-0.4, -0.2) is 26.8 Å². The molecule has 2 heterocycles. The van der Waals surface area contributed by atoms with Crippen LogP contribution in [0.15, 0.2) is 40.4 Å². The number of carboxylic acids is 1. The number of carboxylic acid groups (broad SMARTS) is 1. The predicted octanol–water partition coefficient (Wildman–Crippen LogP) is 1.27. The molecule has 9 heteroatoms. The van der Waals surface area contributed by atoms with E-state index < -0.39 is 11.9 Å². The molecule has 1 aliphatic rings. The van der Waals surface area contributed by atoms with Gasteiger partial charge in [0, 0.05) is 41.3 Å². The summed E-state index contributed by atoms with van der Waals surface area (Å²) < 4.78 is 1.50. The molecule has 2 N–H and O–H groups in total. The van der Waals surface area contributed by atoms with Gasteiger partial charge >= 0.3 is 0 Å². The molecular weight excluding hydrogens is 364 g/mol. The minimum atomic E-state index is -1.16. The third-order valence-electron chi connectivity index (χ3n) is 3.38. The molecule has 0 unspecified atom stereocenters. The highest BCUT2D eigenvalue weighted by Crippen LogP contribution is 2.30. The molecule has 1 amide bonds. The number of hydrogen-bond donors (Lipinski definition) is 1. The molecule has 0 radical (unpaired) electrons. The third-order valence-corrected chi connectivity index (χ3v) is 4.44. The first kappa shape index (κ1) is 17.2. The number of aliphatic carboxylic acids is 1. The molecule has 0 aliphatic carbocycles. The van der Waals surface area contributed by atoms with Gasteiger partial charge in [0.2, 0.25) is 0 Å². The van der Waals surface area contributed by atoms with Crippen LogP contribution in [0.2, 0.25) is 5.02 Å². The number of amidine groups is 1. The van der Waals surface area contributed by atoms with Crippen molar-refractivity contribution < 1.29 is 14.7 Å². The first-order valence-electron chi connectivity index (χ1n) is 7.23. The van der Waals surface area contributed by atoms with Crippen LogP contribution in [-0.2, 0) is 16.1 Å². The maximum atomic E-state index is 11.8. The molecule has 3 rings (SSSR count). The van der Waals surface area contributed by atoms with Crippen molar-refractivity contribution in [1.82, 2.24) is 9.78 Å². The zero-order valence-electron chi connectivity index (χ0n) is 12.8. The average molecular weight is 376 g/mol. The normalized spacial score (nSPS) is 15.6. The van der Waals surface area contributed by atoms with Crippen LogP contribution >= 0.6 is 23.4 Å². The van der Waals surface area contributed by atoms with Gasteiger partial charge in [-0.2, -0.15) is 10.1 Å². The van der Waals surface area contributed by atoms with Crippen LogP contribution in [0.25, 0.3) is 17.3 Å². The number of aryl methyl sites for hydroxylation is 1. The minimum Gasteiger partial charge on any atom is -0.550 e. The molecule has 128 valence electrons. The van der Waals surface area contributed by atoms with Crippen molar-refractivity contribution >= 4 is 46.5 Å². The van der Waals surface area contributed by atoms with Crippen LogP contribution in [0.1, 0.15) is 12.0 Å². The highest BCUT2D eigenvalue weighted by atomic mass is 35.5. The number of nitrogens with zero attached hydrogens (tertiary/aromatic N) is 3. The number of carbonyl (C=O) groups excluding carboxylic acids is 2. The van der Waals surface area contributed by atoms with E-state index in [0.29, 0.717) is 21.2 Å². The van der Waals surface area contributed by atoms with Gasteiger partial charge in [-0.1, -0.05) is 23.7 Å². The molecule has 0 saturated carbocycles. The van der Waals surface area contributed by atoms with Crippen molar-refractivity contribution in [1.29, 1.82) is 0 Å². The summed E-state index contributed by atoms with van der Waals surface area (Å²) in [6, 6.07) is 7.05. The Bertz CT molecular complexity index is 903. The van der Waals surface area contributed by atoms with Crippen LogP contribution in [0.5, 0.6) is 0 Å². The number of aliphatic imine (C=N–C) groups is 1. The molecule has 7 nitrogen and oxygen atoms in total. The van der Waals surface area contributed by atoms with E-state index in [2.05, 4.69) is 10.1 Å². The summed E-state index contributed by atoms with van der Waals surface area (Å²) in [7, 11) is 0. The van der Waals surface area contributed by atoms with Crippen LogP contribution in [0, 0.1) is 0 Å². The lowest BCUT2D eigenvalue weighted by Gasteiger charge is -2.02. The third kappa shape index (κ3) is 4.09. The summed E-state index contributed by atoms with van der Waals surface area (Å²) in [5, 5.41) is 15.9. The van der Waals surface area contributed by atoms with E-state index in [1.807, 2.05) is 0 Å². The summed E-state index contributed by atoms with van der Waals surface area (Å²) in [6.45, 7) is 0.159. The Morgan fingerprint density at radius 2 is 2.08 bits per heavy atom. The summed E-state index contributed by atoms with van der Waals surface area (Å²) in [4.78, 5) is 26.5. The number of halogens is 1. The smallest absolute Gasteiger partial charge is 0.286 e. The Labute approximate surface area is 152 Å². The lowest BCUT2D eigenvalue weighted by molar-refractivity contribution is -0.306. The van der Waals surface area contributed by atoms with Gasteiger partial charge in [0.25, 0.3) is 5.91 Å². The van der Waals surface area contributed by atoms with E-state index in [9.17, 15) is 14.7 Å². The van der Waals surface area contributed by atoms with E-state index in [1.54, 1.807) is 36.5 Å². The number of thioether (sulfide) groups is 1. The molecule has 0 saturated heterocycles. The minimum absolute atomic E-state index is 0.159.